The zero-order valence-electron chi connectivity index (χ0n) is 11.3. The molecule has 1 aromatic carbocycles. The Hall–Kier alpha value is -1.35. The van der Waals surface area contributed by atoms with Crippen LogP contribution in [-0.2, 0) is 4.79 Å². The van der Waals surface area contributed by atoms with Crippen molar-refractivity contribution < 1.29 is 9.69 Å². The normalized spacial score (nSPS) is 23.3. The lowest BCUT2D eigenvalue weighted by Crippen LogP contribution is -3.15. The van der Waals surface area contributed by atoms with Gasteiger partial charge < -0.3 is 10.2 Å². The van der Waals surface area contributed by atoms with E-state index in [1.165, 1.54) is 4.90 Å². The van der Waals surface area contributed by atoms with Crippen LogP contribution in [0.2, 0.25) is 0 Å². The van der Waals surface area contributed by atoms with Gasteiger partial charge in [-0.2, -0.15) is 0 Å². The Morgan fingerprint density at radius 3 is 2.78 bits per heavy atom. The molecule has 3 heteroatoms. The van der Waals surface area contributed by atoms with Gasteiger partial charge in [0, 0.05) is 24.4 Å². The highest BCUT2D eigenvalue weighted by Crippen LogP contribution is 2.08. The Labute approximate surface area is 109 Å². The number of carbonyl (C=O) groups is 1. The van der Waals surface area contributed by atoms with E-state index in [1.54, 1.807) is 0 Å². The quantitative estimate of drug-likeness (QED) is 0.827. The number of hydrogen-bond donors (Lipinski definition) is 2. The van der Waals surface area contributed by atoms with Gasteiger partial charge in [-0.3, -0.25) is 4.79 Å². The fourth-order valence-corrected chi connectivity index (χ4v) is 2.75. The maximum atomic E-state index is 12.3. The van der Waals surface area contributed by atoms with E-state index in [0.717, 1.165) is 31.6 Å². The standard InChI is InChI=1S/C15H22N2O/c1-12(2)11-17-10-6-9-14(17)15(18)16-13-7-4-3-5-8-13/h3-5,7-8,12,14H,6,9-11H2,1-2H3,(H,16,18)/p+1. The number of nitrogens with one attached hydrogen (secondary N) is 2. The number of anilines is 1. The lowest BCUT2D eigenvalue weighted by Gasteiger charge is -2.22. The smallest absolute Gasteiger partial charge is 0.282 e. The van der Waals surface area contributed by atoms with Crippen LogP contribution in [0.1, 0.15) is 26.7 Å². The van der Waals surface area contributed by atoms with Gasteiger partial charge in [0.2, 0.25) is 0 Å². The van der Waals surface area contributed by atoms with E-state index in [2.05, 4.69) is 19.2 Å². The van der Waals surface area contributed by atoms with Crippen LogP contribution < -0.4 is 10.2 Å². The molecular weight excluding hydrogens is 224 g/mol. The van der Waals surface area contributed by atoms with Crippen LogP contribution in [0.15, 0.2) is 30.3 Å². The SMILES string of the molecule is CC(C)C[NH+]1CCCC1C(=O)Nc1ccccc1. The molecule has 2 N–H and O–H groups in total. The molecule has 1 fully saturated rings. The average Bonchev–Trinajstić information content (AvgIpc) is 2.77. The van der Waals surface area contributed by atoms with Gasteiger partial charge in [0.25, 0.3) is 5.91 Å². The Morgan fingerprint density at radius 1 is 1.39 bits per heavy atom. The fourth-order valence-electron chi connectivity index (χ4n) is 2.75. The van der Waals surface area contributed by atoms with E-state index in [4.69, 9.17) is 0 Å². The second-order valence-corrected chi connectivity index (χ2v) is 5.56. The first kappa shape index (κ1) is 13.1. The van der Waals surface area contributed by atoms with Crippen LogP contribution in [0.5, 0.6) is 0 Å². The maximum Gasteiger partial charge on any atom is 0.282 e. The minimum absolute atomic E-state index is 0.132. The first-order valence-corrected chi connectivity index (χ1v) is 6.87. The average molecular weight is 247 g/mol. The van der Waals surface area contributed by atoms with E-state index < -0.39 is 0 Å². The summed E-state index contributed by atoms with van der Waals surface area (Å²) in [6.45, 7) is 6.66. The highest BCUT2D eigenvalue weighted by molar-refractivity contribution is 5.93. The molecule has 1 saturated heterocycles. The molecule has 1 amide bonds. The summed E-state index contributed by atoms with van der Waals surface area (Å²) in [6.07, 6.45) is 2.18. The highest BCUT2D eigenvalue weighted by atomic mass is 16.2. The Balaban J connectivity index is 1.96. The van der Waals surface area contributed by atoms with Crippen LogP contribution in [-0.4, -0.2) is 25.0 Å². The van der Waals surface area contributed by atoms with Crippen molar-refractivity contribution in [1.82, 2.24) is 0 Å². The molecule has 0 saturated carbocycles. The minimum Gasteiger partial charge on any atom is -0.324 e. The second-order valence-electron chi connectivity index (χ2n) is 5.56. The zero-order valence-corrected chi connectivity index (χ0v) is 11.3. The molecule has 3 nitrogen and oxygen atoms in total. The summed E-state index contributed by atoms with van der Waals surface area (Å²) in [5.41, 5.74) is 0.901. The van der Waals surface area contributed by atoms with Crippen molar-refractivity contribution in [2.24, 2.45) is 5.92 Å². The number of rotatable bonds is 4. The summed E-state index contributed by atoms with van der Waals surface area (Å²) < 4.78 is 0. The predicted molar refractivity (Wildman–Crippen MR) is 73.6 cm³/mol. The van der Waals surface area contributed by atoms with E-state index in [9.17, 15) is 4.79 Å². The number of para-hydroxylation sites is 1. The van der Waals surface area contributed by atoms with E-state index >= 15 is 0 Å². The van der Waals surface area contributed by atoms with E-state index in [0.29, 0.717) is 5.92 Å². The van der Waals surface area contributed by atoms with Crippen molar-refractivity contribution in [3.63, 3.8) is 0 Å². The van der Waals surface area contributed by atoms with Gasteiger partial charge in [-0.1, -0.05) is 32.0 Å². The summed E-state index contributed by atoms with van der Waals surface area (Å²) >= 11 is 0. The van der Waals surface area contributed by atoms with Gasteiger partial charge in [0.1, 0.15) is 0 Å². The minimum atomic E-state index is 0.132. The summed E-state index contributed by atoms with van der Waals surface area (Å²) in [6, 6.07) is 9.87. The Morgan fingerprint density at radius 2 is 2.11 bits per heavy atom. The number of carbonyl (C=O) groups excluding carboxylic acids is 1. The molecule has 1 aliphatic rings. The third kappa shape index (κ3) is 3.33. The largest absolute Gasteiger partial charge is 0.324 e. The number of amides is 1. The third-order valence-corrected chi connectivity index (χ3v) is 3.51. The topological polar surface area (TPSA) is 33.5 Å². The molecule has 2 unspecified atom stereocenters. The molecule has 0 bridgehead atoms. The first-order valence-electron chi connectivity index (χ1n) is 6.87. The lowest BCUT2D eigenvalue weighted by atomic mass is 10.1. The Bertz CT molecular complexity index is 389. The van der Waals surface area contributed by atoms with Crippen LogP contribution in [0.4, 0.5) is 5.69 Å². The molecule has 1 aromatic rings. The molecule has 0 aromatic heterocycles. The molecule has 1 aliphatic heterocycles. The van der Waals surface area contributed by atoms with Gasteiger partial charge in [-0.25, -0.2) is 0 Å². The van der Waals surface area contributed by atoms with Gasteiger partial charge in [0.15, 0.2) is 6.04 Å². The van der Waals surface area contributed by atoms with Gasteiger partial charge in [-0.15, -0.1) is 0 Å². The third-order valence-electron chi connectivity index (χ3n) is 3.51. The van der Waals surface area contributed by atoms with E-state index in [-0.39, 0.29) is 11.9 Å². The molecule has 98 valence electrons. The molecule has 18 heavy (non-hydrogen) atoms. The molecular formula is C15H23N2O+. The van der Waals surface area contributed by atoms with Crippen LogP contribution in [0.25, 0.3) is 0 Å². The summed E-state index contributed by atoms with van der Waals surface area (Å²) in [5, 5.41) is 3.03. The van der Waals surface area contributed by atoms with Gasteiger partial charge in [-0.05, 0) is 12.1 Å². The van der Waals surface area contributed by atoms with Crippen molar-refractivity contribution in [1.29, 1.82) is 0 Å². The first-order chi connectivity index (χ1) is 8.66. The van der Waals surface area contributed by atoms with Crippen molar-refractivity contribution in [3.05, 3.63) is 30.3 Å². The van der Waals surface area contributed by atoms with Crippen molar-refractivity contribution >= 4 is 11.6 Å². The van der Waals surface area contributed by atoms with Crippen molar-refractivity contribution in [2.45, 2.75) is 32.7 Å². The van der Waals surface area contributed by atoms with Gasteiger partial charge >= 0.3 is 0 Å². The van der Waals surface area contributed by atoms with Crippen molar-refractivity contribution in [3.8, 4) is 0 Å². The van der Waals surface area contributed by atoms with Crippen LogP contribution in [0, 0.1) is 5.92 Å². The number of likely N-dealkylation sites (tertiary alicyclic amines) is 1. The summed E-state index contributed by atoms with van der Waals surface area (Å²) in [4.78, 5) is 13.7. The monoisotopic (exact) mass is 247 g/mol. The second kappa shape index (κ2) is 6.01. The van der Waals surface area contributed by atoms with Gasteiger partial charge in [0.05, 0.1) is 13.1 Å². The number of quaternary nitrogens is 1. The van der Waals surface area contributed by atoms with E-state index in [1.807, 2.05) is 30.3 Å². The van der Waals surface area contributed by atoms with Crippen LogP contribution in [0.3, 0.4) is 0 Å². The summed E-state index contributed by atoms with van der Waals surface area (Å²) in [5.74, 6) is 0.819. The van der Waals surface area contributed by atoms with Crippen LogP contribution >= 0.6 is 0 Å². The maximum absolute atomic E-state index is 12.3. The summed E-state index contributed by atoms with van der Waals surface area (Å²) in [7, 11) is 0. The molecule has 1 heterocycles. The molecule has 2 atom stereocenters. The van der Waals surface area contributed by atoms with Crippen molar-refractivity contribution in [2.75, 3.05) is 18.4 Å². The predicted octanol–water partition coefficient (Wildman–Crippen LogP) is 1.33. The zero-order chi connectivity index (χ0) is 13.0. The molecule has 0 aliphatic carbocycles. The fraction of sp³-hybridized carbons (Fsp3) is 0.533. The molecule has 2 rings (SSSR count). The molecule has 0 radical (unpaired) electrons. The Kier molecular flexibility index (Phi) is 4.37. The molecule has 0 spiro atoms. The lowest BCUT2D eigenvalue weighted by molar-refractivity contribution is -0.905. The number of hydrogen-bond acceptors (Lipinski definition) is 1. The highest BCUT2D eigenvalue weighted by Gasteiger charge is 2.34. The number of benzene rings is 1.